The highest BCUT2D eigenvalue weighted by atomic mass is 16.6. The third-order valence-electron chi connectivity index (χ3n) is 4.00. The van der Waals surface area contributed by atoms with E-state index in [9.17, 15) is 10.1 Å². The van der Waals surface area contributed by atoms with Crippen LogP contribution in [0.2, 0.25) is 0 Å². The maximum absolute atomic E-state index is 10.7. The molecule has 106 valence electrons. The second kappa shape index (κ2) is 5.96. The van der Waals surface area contributed by atoms with E-state index < -0.39 is 5.41 Å². The Kier molecular flexibility index (Phi) is 4.29. The largest absolute Gasteiger partial charge is 0.486 e. The lowest BCUT2D eigenvalue weighted by Gasteiger charge is -2.40. The first kappa shape index (κ1) is 14.4. The number of ether oxygens (including phenoxy) is 2. The van der Waals surface area contributed by atoms with Crippen molar-refractivity contribution in [1.82, 2.24) is 0 Å². The van der Waals surface area contributed by atoms with Gasteiger partial charge in [0.15, 0.2) is 17.6 Å². The van der Waals surface area contributed by atoms with Gasteiger partial charge in [-0.25, -0.2) is 0 Å². The third kappa shape index (κ3) is 2.49. The van der Waals surface area contributed by atoms with Gasteiger partial charge in [0.25, 0.3) is 0 Å². The lowest BCUT2D eigenvalue weighted by atomic mass is 9.70. The van der Waals surface area contributed by atoms with Gasteiger partial charge in [-0.2, -0.15) is 5.26 Å². The van der Waals surface area contributed by atoms with Gasteiger partial charge in [-0.3, -0.25) is 0 Å². The molecular formula is C16H19NO3. The minimum absolute atomic E-state index is 0.0753. The maximum Gasteiger partial charge on any atom is 0.161 e. The van der Waals surface area contributed by atoms with E-state index in [1.807, 2.05) is 38.1 Å². The Morgan fingerprint density at radius 1 is 1.45 bits per heavy atom. The SMILES string of the molecule is CC(C)C(C#N)(CCC=O)C1COc2ccccc2O1. The number of rotatable bonds is 5. The number of benzene rings is 1. The van der Waals surface area contributed by atoms with E-state index in [1.54, 1.807) is 0 Å². The zero-order chi connectivity index (χ0) is 14.6. The van der Waals surface area contributed by atoms with Gasteiger partial charge >= 0.3 is 0 Å². The van der Waals surface area contributed by atoms with Crippen molar-refractivity contribution in [1.29, 1.82) is 5.26 Å². The Morgan fingerprint density at radius 2 is 2.15 bits per heavy atom. The summed E-state index contributed by atoms with van der Waals surface area (Å²) >= 11 is 0. The lowest BCUT2D eigenvalue weighted by molar-refractivity contribution is -0.108. The number of fused-ring (bicyclic) bond motifs is 1. The number of para-hydroxylation sites is 2. The number of carbonyl (C=O) groups excluding carboxylic acids is 1. The summed E-state index contributed by atoms with van der Waals surface area (Å²) in [6.07, 6.45) is 1.34. The van der Waals surface area contributed by atoms with Gasteiger partial charge in [0, 0.05) is 6.42 Å². The number of nitriles is 1. The van der Waals surface area contributed by atoms with Crippen LogP contribution in [-0.4, -0.2) is 19.0 Å². The summed E-state index contributed by atoms with van der Waals surface area (Å²) in [5.41, 5.74) is -0.714. The quantitative estimate of drug-likeness (QED) is 0.774. The molecule has 0 spiro atoms. The van der Waals surface area contributed by atoms with Crippen molar-refractivity contribution in [3.8, 4) is 17.6 Å². The van der Waals surface area contributed by atoms with E-state index in [4.69, 9.17) is 9.47 Å². The van der Waals surface area contributed by atoms with E-state index in [-0.39, 0.29) is 12.0 Å². The molecule has 4 nitrogen and oxygen atoms in total. The summed E-state index contributed by atoms with van der Waals surface area (Å²) in [5, 5.41) is 9.67. The highest BCUT2D eigenvalue weighted by Crippen LogP contribution is 2.42. The highest BCUT2D eigenvalue weighted by molar-refractivity contribution is 5.49. The summed E-state index contributed by atoms with van der Waals surface area (Å²) in [7, 11) is 0. The first-order valence-electron chi connectivity index (χ1n) is 6.87. The maximum atomic E-state index is 10.7. The Balaban J connectivity index is 2.28. The summed E-state index contributed by atoms with van der Waals surface area (Å²) in [6, 6.07) is 9.83. The standard InChI is InChI=1S/C16H19NO3/c1-12(2)16(11-17,8-5-9-18)15-10-19-13-6-3-4-7-14(13)20-15/h3-4,6-7,9,12,15H,5,8,10H2,1-2H3. The molecule has 1 aliphatic rings. The van der Waals surface area contributed by atoms with Crippen LogP contribution < -0.4 is 9.47 Å². The van der Waals surface area contributed by atoms with Gasteiger partial charge in [-0.1, -0.05) is 26.0 Å². The molecule has 1 heterocycles. The molecule has 2 unspecified atom stereocenters. The van der Waals surface area contributed by atoms with Gasteiger partial charge in [-0.15, -0.1) is 0 Å². The summed E-state index contributed by atoms with van der Waals surface area (Å²) in [5.74, 6) is 1.44. The summed E-state index contributed by atoms with van der Waals surface area (Å²) in [6.45, 7) is 4.30. The van der Waals surface area contributed by atoms with E-state index in [2.05, 4.69) is 6.07 Å². The van der Waals surface area contributed by atoms with Crippen LogP contribution in [0.1, 0.15) is 26.7 Å². The van der Waals surface area contributed by atoms with Crippen LogP contribution in [0.4, 0.5) is 0 Å². The number of hydrogen-bond donors (Lipinski definition) is 0. The first-order chi connectivity index (χ1) is 9.64. The molecule has 0 saturated heterocycles. The fourth-order valence-corrected chi connectivity index (χ4v) is 2.65. The molecule has 1 aromatic carbocycles. The first-order valence-corrected chi connectivity index (χ1v) is 6.87. The molecule has 0 amide bonds. The van der Waals surface area contributed by atoms with Gasteiger partial charge in [0.1, 0.15) is 18.3 Å². The molecule has 1 aliphatic heterocycles. The second-order valence-electron chi connectivity index (χ2n) is 5.38. The van der Waals surface area contributed by atoms with Crippen LogP contribution in [0.25, 0.3) is 0 Å². The molecule has 2 rings (SSSR count). The van der Waals surface area contributed by atoms with Crippen molar-refractivity contribution in [3.63, 3.8) is 0 Å². The van der Waals surface area contributed by atoms with Gasteiger partial charge in [-0.05, 0) is 24.5 Å². The van der Waals surface area contributed by atoms with Crippen LogP contribution >= 0.6 is 0 Å². The lowest BCUT2D eigenvalue weighted by Crippen LogP contribution is -2.47. The number of aldehydes is 1. The molecular weight excluding hydrogens is 254 g/mol. The Morgan fingerprint density at radius 3 is 2.75 bits per heavy atom. The van der Waals surface area contributed by atoms with Crippen molar-refractivity contribution in [2.24, 2.45) is 11.3 Å². The molecule has 1 aromatic rings. The third-order valence-corrected chi connectivity index (χ3v) is 4.00. The Labute approximate surface area is 119 Å². The second-order valence-corrected chi connectivity index (χ2v) is 5.38. The molecule has 20 heavy (non-hydrogen) atoms. The van der Waals surface area contributed by atoms with Crippen LogP contribution in [0.5, 0.6) is 11.5 Å². The van der Waals surface area contributed by atoms with Gasteiger partial charge in [0.05, 0.1) is 6.07 Å². The fourth-order valence-electron chi connectivity index (χ4n) is 2.65. The Hall–Kier alpha value is -2.02. The fraction of sp³-hybridized carbons (Fsp3) is 0.500. The molecule has 0 saturated carbocycles. The average molecular weight is 273 g/mol. The van der Waals surface area contributed by atoms with E-state index in [0.29, 0.717) is 30.9 Å². The summed E-state index contributed by atoms with van der Waals surface area (Å²) < 4.78 is 11.7. The van der Waals surface area contributed by atoms with Crippen LogP contribution in [-0.2, 0) is 4.79 Å². The van der Waals surface area contributed by atoms with Gasteiger partial charge in [0.2, 0.25) is 0 Å². The zero-order valence-corrected chi connectivity index (χ0v) is 11.8. The smallest absolute Gasteiger partial charge is 0.161 e. The average Bonchev–Trinajstić information content (AvgIpc) is 2.48. The molecule has 0 radical (unpaired) electrons. The van der Waals surface area contributed by atoms with E-state index in [1.165, 1.54) is 0 Å². The number of carbonyl (C=O) groups is 1. The Bertz CT molecular complexity index is 521. The van der Waals surface area contributed by atoms with E-state index in [0.717, 1.165) is 6.29 Å². The van der Waals surface area contributed by atoms with E-state index >= 15 is 0 Å². The molecule has 0 aliphatic carbocycles. The molecule has 0 fully saturated rings. The van der Waals surface area contributed by atoms with Crippen LogP contribution in [0.15, 0.2) is 24.3 Å². The van der Waals surface area contributed by atoms with Gasteiger partial charge < -0.3 is 14.3 Å². The number of nitrogens with zero attached hydrogens (tertiary/aromatic N) is 1. The topological polar surface area (TPSA) is 59.3 Å². The van der Waals surface area contributed by atoms with Crippen molar-refractivity contribution in [3.05, 3.63) is 24.3 Å². The van der Waals surface area contributed by atoms with Crippen molar-refractivity contribution >= 4 is 6.29 Å². The molecule has 4 heteroatoms. The van der Waals surface area contributed by atoms with Crippen molar-refractivity contribution < 1.29 is 14.3 Å². The van der Waals surface area contributed by atoms with Crippen molar-refractivity contribution in [2.75, 3.05) is 6.61 Å². The molecule has 0 aromatic heterocycles. The highest BCUT2D eigenvalue weighted by Gasteiger charge is 2.45. The minimum atomic E-state index is -0.714. The zero-order valence-electron chi connectivity index (χ0n) is 11.8. The van der Waals surface area contributed by atoms with Crippen molar-refractivity contribution in [2.45, 2.75) is 32.8 Å². The predicted octanol–water partition coefficient (Wildman–Crippen LogP) is 2.97. The molecule has 2 atom stereocenters. The molecule has 0 bridgehead atoms. The number of hydrogen-bond acceptors (Lipinski definition) is 4. The van der Waals surface area contributed by atoms with Crippen LogP contribution in [0.3, 0.4) is 0 Å². The molecule has 0 N–H and O–H groups in total. The minimum Gasteiger partial charge on any atom is -0.486 e. The van der Waals surface area contributed by atoms with Crippen LogP contribution in [0, 0.1) is 22.7 Å². The normalized spacial score (nSPS) is 20.0. The monoisotopic (exact) mass is 273 g/mol. The summed E-state index contributed by atoms with van der Waals surface area (Å²) in [4.78, 5) is 10.7. The predicted molar refractivity (Wildman–Crippen MR) is 74.5 cm³/mol.